The molecule has 0 saturated heterocycles. The molecule has 0 radical (unpaired) electrons. The number of aromatic nitrogens is 2. The molecule has 1 amide bonds. The molecule has 4 aromatic rings. The Morgan fingerprint density at radius 2 is 1.79 bits per heavy atom. The van der Waals surface area contributed by atoms with E-state index in [-0.39, 0.29) is 24.2 Å². The van der Waals surface area contributed by atoms with Crippen LogP contribution in [0.15, 0.2) is 71.5 Å². The fraction of sp³-hybridized carbons (Fsp3) is 0.300. The molecule has 1 atom stereocenters. The van der Waals surface area contributed by atoms with E-state index in [4.69, 9.17) is 19.2 Å². The maximum atomic E-state index is 14.0. The van der Waals surface area contributed by atoms with Crippen molar-refractivity contribution in [1.29, 1.82) is 0 Å². The normalized spacial score (nSPS) is 13.1. The van der Waals surface area contributed by atoms with Gasteiger partial charge in [0.2, 0.25) is 6.79 Å². The van der Waals surface area contributed by atoms with Crippen molar-refractivity contribution >= 4 is 16.8 Å². The lowest BCUT2D eigenvalue weighted by molar-refractivity contribution is 0.0631. The van der Waals surface area contributed by atoms with Crippen molar-refractivity contribution in [2.45, 2.75) is 33.2 Å². The number of hydrogen-bond donors (Lipinski definition) is 0. The summed E-state index contributed by atoms with van der Waals surface area (Å²) in [6.07, 6.45) is 0.559. The maximum Gasteiger partial charge on any atom is 0.266 e. The predicted octanol–water partition coefficient (Wildman–Crippen LogP) is 5.37. The van der Waals surface area contributed by atoms with Gasteiger partial charge in [0.15, 0.2) is 11.5 Å². The minimum absolute atomic E-state index is 0.134. The van der Waals surface area contributed by atoms with E-state index in [9.17, 15) is 9.59 Å². The number of nitrogens with zero attached hydrogens (tertiary/aromatic N) is 3. The number of fused-ring (bicyclic) bond motifs is 2. The maximum absolute atomic E-state index is 14.0. The quantitative estimate of drug-likeness (QED) is 0.315. The Morgan fingerprint density at radius 3 is 2.50 bits per heavy atom. The third kappa shape index (κ3) is 4.69. The van der Waals surface area contributed by atoms with Crippen molar-refractivity contribution in [3.8, 4) is 22.9 Å². The van der Waals surface area contributed by atoms with Gasteiger partial charge in [0.1, 0.15) is 11.6 Å². The van der Waals surface area contributed by atoms with Gasteiger partial charge < -0.3 is 19.1 Å². The molecule has 0 N–H and O–H groups in total. The Hall–Kier alpha value is -4.33. The van der Waals surface area contributed by atoms with Gasteiger partial charge in [-0.15, -0.1) is 0 Å². The van der Waals surface area contributed by atoms with Gasteiger partial charge in [-0.2, -0.15) is 0 Å². The first kappa shape index (κ1) is 25.3. The molecule has 0 aliphatic carbocycles. The summed E-state index contributed by atoms with van der Waals surface area (Å²) in [5.41, 5.74) is 1.56. The first-order valence-electron chi connectivity index (χ1n) is 12.8. The van der Waals surface area contributed by atoms with Gasteiger partial charge in [-0.1, -0.05) is 32.9 Å². The SMILES string of the molecule is CCC(c1nc2ccccc2c(=O)n1-c1ccc(OC)cc1)N(CC(C)C)C(=O)c1ccc2c(c1)OCO2. The molecule has 0 saturated carbocycles. The lowest BCUT2D eigenvalue weighted by Crippen LogP contribution is -2.40. The number of carbonyl (C=O) groups excluding carboxylic acids is 1. The van der Waals surface area contributed by atoms with Crippen molar-refractivity contribution < 1.29 is 19.0 Å². The van der Waals surface area contributed by atoms with E-state index in [1.165, 1.54) is 0 Å². The van der Waals surface area contributed by atoms with E-state index in [1.54, 1.807) is 35.9 Å². The molecule has 5 rings (SSSR count). The van der Waals surface area contributed by atoms with Crippen molar-refractivity contribution in [2.75, 3.05) is 20.4 Å². The van der Waals surface area contributed by atoms with Gasteiger partial charge in [-0.05, 0) is 66.9 Å². The van der Waals surface area contributed by atoms with Gasteiger partial charge >= 0.3 is 0 Å². The van der Waals surface area contributed by atoms with Gasteiger partial charge in [-0.25, -0.2) is 4.98 Å². The van der Waals surface area contributed by atoms with Crippen LogP contribution >= 0.6 is 0 Å². The molecule has 3 aromatic carbocycles. The Bertz CT molecular complexity index is 1530. The Balaban J connectivity index is 1.68. The van der Waals surface area contributed by atoms with Crippen LogP contribution in [0.1, 0.15) is 49.4 Å². The molecule has 0 bridgehead atoms. The molecular formula is C30H31N3O5. The van der Waals surface area contributed by atoms with Crippen molar-refractivity contribution in [3.63, 3.8) is 0 Å². The summed E-state index contributed by atoms with van der Waals surface area (Å²) in [5.74, 6) is 2.39. The number of ether oxygens (including phenoxy) is 3. The predicted molar refractivity (Wildman–Crippen MR) is 145 cm³/mol. The highest BCUT2D eigenvalue weighted by atomic mass is 16.7. The van der Waals surface area contributed by atoms with E-state index in [2.05, 4.69) is 13.8 Å². The second-order valence-corrected chi connectivity index (χ2v) is 9.67. The first-order chi connectivity index (χ1) is 18.4. The summed E-state index contributed by atoms with van der Waals surface area (Å²) in [6.45, 7) is 6.76. The van der Waals surface area contributed by atoms with Crippen LogP contribution < -0.4 is 19.8 Å². The molecule has 8 nitrogen and oxygen atoms in total. The van der Waals surface area contributed by atoms with Crippen molar-refractivity contribution in [3.05, 3.63) is 88.5 Å². The lowest BCUT2D eigenvalue weighted by atomic mass is 10.0. The topological polar surface area (TPSA) is 82.9 Å². The molecule has 1 aliphatic rings. The van der Waals surface area contributed by atoms with E-state index < -0.39 is 6.04 Å². The number of hydrogen-bond acceptors (Lipinski definition) is 6. The minimum atomic E-state index is -0.463. The van der Waals surface area contributed by atoms with Gasteiger partial charge in [0.05, 0.1) is 29.7 Å². The van der Waals surface area contributed by atoms with Crippen LogP contribution in [-0.4, -0.2) is 40.8 Å². The van der Waals surface area contributed by atoms with Gasteiger partial charge in [-0.3, -0.25) is 14.2 Å². The molecule has 196 valence electrons. The number of para-hydroxylation sites is 1. The third-order valence-electron chi connectivity index (χ3n) is 6.64. The van der Waals surface area contributed by atoms with Gasteiger partial charge in [0.25, 0.3) is 11.5 Å². The molecule has 1 aromatic heterocycles. The van der Waals surface area contributed by atoms with Crippen LogP contribution in [0, 0.1) is 5.92 Å². The van der Waals surface area contributed by atoms with Crippen LogP contribution in [0.25, 0.3) is 16.6 Å². The number of carbonyl (C=O) groups is 1. The summed E-state index contributed by atoms with van der Waals surface area (Å²) >= 11 is 0. The summed E-state index contributed by atoms with van der Waals surface area (Å²) in [6, 6.07) is 19.3. The monoisotopic (exact) mass is 513 g/mol. The molecule has 0 spiro atoms. The van der Waals surface area contributed by atoms with Crippen LogP contribution in [0.2, 0.25) is 0 Å². The van der Waals surface area contributed by atoms with Crippen LogP contribution in [-0.2, 0) is 0 Å². The van der Waals surface area contributed by atoms with E-state index in [0.717, 1.165) is 0 Å². The fourth-order valence-electron chi connectivity index (χ4n) is 4.84. The minimum Gasteiger partial charge on any atom is -0.497 e. The summed E-state index contributed by atoms with van der Waals surface area (Å²) in [7, 11) is 1.60. The lowest BCUT2D eigenvalue weighted by Gasteiger charge is -2.33. The summed E-state index contributed by atoms with van der Waals surface area (Å²) in [5, 5.41) is 0.513. The molecular weight excluding hydrogens is 482 g/mol. The Kier molecular flexibility index (Phi) is 7.05. The largest absolute Gasteiger partial charge is 0.497 e. The van der Waals surface area contributed by atoms with Crippen molar-refractivity contribution in [1.82, 2.24) is 14.5 Å². The molecule has 38 heavy (non-hydrogen) atoms. The molecule has 1 aliphatic heterocycles. The summed E-state index contributed by atoms with van der Waals surface area (Å²) in [4.78, 5) is 34.7. The highest BCUT2D eigenvalue weighted by molar-refractivity contribution is 5.95. The Labute approximate surface area is 221 Å². The van der Waals surface area contributed by atoms with E-state index >= 15 is 0 Å². The average Bonchev–Trinajstić information content (AvgIpc) is 3.41. The number of rotatable bonds is 8. The van der Waals surface area contributed by atoms with Gasteiger partial charge in [0, 0.05) is 12.1 Å². The Morgan fingerprint density at radius 1 is 1.05 bits per heavy atom. The van der Waals surface area contributed by atoms with Crippen molar-refractivity contribution in [2.24, 2.45) is 5.92 Å². The fourth-order valence-corrected chi connectivity index (χ4v) is 4.84. The standard InChI is InChI=1S/C30H31N3O5/c1-5-25(32(17-19(2)3)29(34)20-10-15-26-27(16-20)38-18-37-26)28-31-24-9-7-6-8-23(24)30(35)33(28)21-11-13-22(36-4)14-12-21/h6-16,19,25H,5,17-18H2,1-4H3. The van der Waals surface area contributed by atoms with Crippen LogP contribution in [0.3, 0.4) is 0 Å². The van der Waals surface area contributed by atoms with E-state index in [1.807, 2.05) is 54.3 Å². The zero-order valence-electron chi connectivity index (χ0n) is 22.0. The highest BCUT2D eigenvalue weighted by Crippen LogP contribution is 2.34. The smallest absolute Gasteiger partial charge is 0.266 e. The number of methoxy groups -OCH3 is 1. The molecule has 2 heterocycles. The number of amides is 1. The summed E-state index contributed by atoms with van der Waals surface area (Å²) < 4.78 is 17.9. The molecule has 0 fully saturated rings. The average molecular weight is 514 g/mol. The highest BCUT2D eigenvalue weighted by Gasteiger charge is 2.31. The van der Waals surface area contributed by atoms with E-state index in [0.29, 0.717) is 58.2 Å². The zero-order valence-corrected chi connectivity index (χ0v) is 22.0. The second-order valence-electron chi connectivity index (χ2n) is 9.67. The number of benzene rings is 3. The third-order valence-corrected chi connectivity index (χ3v) is 6.64. The molecule has 8 heteroatoms. The zero-order chi connectivity index (χ0) is 26.8. The first-order valence-corrected chi connectivity index (χ1v) is 12.8. The second kappa shape index (κ2) is 10.6. The van der Waals surface area contributed by atoms with Crippen LogP contribution in [0.5, 0.6) is 17.2 Å². The van der Waals surface area contributed by atoms with Crippen LogP contribution in [0.4, 0.5) is 0 Å². The molecule has 1 unspecified atom stereocenters.